The Morgan fingerprint density at radius 2 is 2.03 bits per heavy atom. The minimum absolute atomic E-state index is 0.0699. The Hall–Kier alpha value is -3.00. The number of H-pyrrole nitrogens is 1. The van der Waals surface area contributed by atoms with Gasteiger partial charge >= 0.3 is 0 Å². The number of benzene rings is 2. The first kappa shape index (κ1) is 20.3. The first-order chi connectivity index (χ1) is 14.6. The van der Waals surface area contributed by atoms with Crippen LogP contribution in [0, 0.1) is 0 Å². The van der Waals surface area contributed by atoms with Gasteiger partial charge in [-0.2, -0.15) is 11.8 Å². The number of amides is 2. The summed E-state index contributed by atoms with van der Waals surface area (Å²) >= 11 is 1.71. The Bertz CT molecular complexity index is 1030. The van der Waals surface area contributed by atoms with Gasteiger partial charge in [0.2, 0.25) is 5.91 Å². The number of carbonyl (C=O) groups is 2. The second kappa shape index (κ2) is 8.79. The van der Waals surface area contributed by atoms with E-state index in [4.69, 9.17) is 4.74 Å². The van der Waals surface area contributed by atoms with Gasteiger partial charge in [-0.1, -0.05) is 24.3 Å². The maximum absolute atomic E-state index is 12.9. The van der Waals surface area contributed by atoms with Gasteiger partial charge in [0.15, 0.2) is 6.10 Å². The lowest BCUT2D eigenvalue weighted by Crippen LogP contribution is -2.49. The van der Waals surface area contributed by atoms with Gasteiger partial charge in [0.05, 0.1) is 22.8 Å². The quantitative estimate of drug-likeness (QED) is 0.608. The average molecular weight is 425 g/mol. The molecule has 0 unspecified atom stereocenters. The van der Waals surface area contributed by atoms with Crippen LogP contribution in [-0.2, 0) is 9.59 Å². The van der Waals surface area contributed by atoms with E-state index >= 15 is 0 Å². The highest BCUT2D eigenvalue weighted by atomic mass is 32.2. The molecule has 2 heterocycles. The molecular weight excluding hydrogens is 400 g/mol. The highest BCUT2D eigenvalue weighted by Gasteiger charge is 2.33. The van der Waals surface area contributed by atoms with Crippen LogP contribution in [0.5, 0.6) is 5.75 Å². The second-order valence-corrected chi connectivity index (χ2v) is 8.18. The van der Waals surface area contributed by atoms with Gasteiger partial charge in [0, 0.05) is 0 Å². The van der Waals surface area contributed by atoms with Crippen LogP contribution in [-0.4, -0.2) is 46.4 Å². The van der Waals surface area contributed by atoms with Crippen molar-refractivity contribution in [2.24, 2.45) is 0 Å². The van der Waals surface area contributed by atoms with Crippen molar-refractivity contribution >= 4 is 40.3 Å². The number of fused-ring (bicyclic) bond motifs is 2. The zero-order valence-corrected chi connectivity index (χ0v) is 17.7. The smallest absolute Gasteiger partial charge is 0.268 e. The van der Waals surface area contributed by atoms with E-state index in [0.717, 1.165) is 29.0 Å². The summed E-state index contributed by atoms with van der Waals surface area (Å²) in [5.41, 5.74) is 2.41. The molecule has 4 rings (SSSR count). The number of ether oxygens (including phenoxy) is 1. The van der Waals surface area contributed by atoms with Crippen molar-refractivity contribution in [3.8, 4) is 5.75 Å². The molecule has 2 aromatic carbocycles. The molecule has 0 spiro atoms. The summed E-state index contributed by atoms with van der Waals surface area (Å²) in [6, 6.07) is 14.8. The van der Waals surface area contributed by atoms with Crippen LogP contribution in [0.1, 0.15) is 25.2 Å². The number of para-hydroxylation sites is 4. The first-order valence-electron chi connectivity index (χ1n) is 9.87. The van der Waals surface area contributed by atoms with Crippen molar-refractivity contribution in [2.45, 2.75) is 25.5 Å². The summed E-state index contributed by atoms with van der Waals surface area (Å²) < 4.78 is 5.65. The summed E-state index contributed by atoms with van der Waals surface area (Å²) in [4.78, 5) is 35.1. The van der Waals surface area contributed by atoms with E-state index in [1.807, 2.05) is 42.7 Å². The number of anilines is 1. The molecule has 0 saturated carbocycles. The standard InChI is InChI=1S/C22H24N4O3S/c1-14-22(28)26(18-9-5-6-10-19(18)29-14)13-20(27)23-17(11-12-30-2)21-24-15-7-3-4-8-16(15)25-21/h3-10,14,17H,11-13H2,1-2H3,(H,23,27)(H,24,25)/t14-,17-/m1/s1. The van der Waals surface area contributed by atoms with Crippen LogP contribution in [0.2, 0.25) is 0 Å². The minimum atomic E-state index is -0.629. The molecule has 1 aliphatic rings. The van der Waals surface area contributed by atoms with Crippen LogP contribution < -0.4 is 15.0 Å². The van der Waals surface area contributed by atoms with Crippen LogP contribution in [0.3, 0.4) is 0 Å². The number of hydrogen-bond acceptors (Lipinski definition) is 5. The Balaban J connectivity index is 1.53. The van der Waals surface area contributed by atoms with Gasteiger partial charge < -0.3 is 15.0 Å². The molecule has 0 bridgehead atoms. The molecule has 0 saturated heterocycles. The van der Waals surface area contributed by atoms with Crippen molar-refractivity contribution in [3.05, 3.63) is 54.4 Å². The molecule has 0 aliphatic carbocycles. The Morgan fingerprint density at radius 3 is 2.83 bits per heavy atom. The molecule has 7 nitrogen and oxygen atoms in total. The van der Waals surface area contributed by atoms with Crippen molar-refractivity contribution in [3.63, 3.8) is 0 Å². The molecule has 1 aliphatic heterocycles. The van der Waals surface area contributed by atoms with E-state index in [9.17, 15) is 9.59 Å². The zero-order chi connectivity index (χ0) is 21.1. The molecule has 156 valence electrons. The second-order valence-electron chi connectivity index (χ2n) is 7.19. The van der Waals surface area contributed by atoms with Gasteiger partial charge in [-0.15, -0.1) is 0 Å². The SMILES string of the molecule is CSCC[C@@H](NC(=O)CN1C(=O)[C@@H](C)Oc2ccccc21)c1nc2ccccc2[nH]1. The summed E-state index contributed by atoms with van der Waals surface area (Å²) in [6.45, 7) is 1.62. The van der Waals surface area contributed by atoms with E-state index in [1.54, 1.807) is 30.8 Å². The normalized spacial score (nSPS) is 16.8. The Kier molecular flexibility index (Phi) is 5.94. The molecular formula is C22H24N4O3S. The van der Waals surface area contributed by atoms with E-state index in [0.29, 0.717) is 11.4 Å². The molecule has 2 atom stereocenters. The fourth-order valence-corrected chi connectivity index (χ4v) is 4.03. The number of thioether (sulfide) groups is 1. The largest absolute Gasteiger partial charge is 0.479 e. The third-order valence-corrected chi connectivity index (χ3v) is 5.70. The molecule has 0 radical (unpaired) electrons. The summed E-state index contributed by atoms with van der Waals surface area (Å²) in [6.07, 6.45) is 2.13. The van der Waals surface area contributed by atoms with Gasteiger partial charge in [0.25, 0.3) is 5.91 Å². The van der Waals surface area contributed by atoms with Crippen LogP contribution >= 0.6 is 11.8 Å². The molecule has 1 aromatic heterocycles. The van der Waals surface area contributed by atoms with Gasteiger partial charge in [-0.05, 0) is 49.6 Å². The number of nitrogens with zero attached hydrogens (tertiary/aromatic N) is 2. The van der Waals surface area contributed by atoms with E-state index in [1.165, 1.54) is 4.90 Å². The number of nitrogens with one attached hydrogen (secondary N) is 2. The lowest BCUT2D eigenvalue weighted by atomic mass is 10.1. The van der Waals surface area contributed by atoms with E-state index < -0.39 is 6.10 Å². The lowest BCUT2D eigenvalue weighted by Gasteiger charge is -2.32. The summed E-state index contributed by atoms with van der Waals surface area (Å²) in [5, 5.41) is 3.06. The van der Waals surface area contributed by atoms with E-state index in [2.05, 4.69) is 15.3 Å². The summed E-state index contributed by atoms with van der Waals surface area (Å²) in [7, 11) is 0. The number of imidazole rings is 1. The lowest BCUT2D eigenvalue weighted by molar-refractivity contribution is -0.128. The van der Waals surface area contributed by atoms with Gasteiger partial charge in [-0.25, -0.2) is 4.98 Å². The fraction of sp³-hybridized carbons (Fsp3) is 0.318. The van der Waals surface area contributed by atoms with Crippen molar-refractivity contribution in [2.75, 3.05) is 23.5 Å². The zero-order valence-electron chi connectivity index (χ0n) is 16.9. The van der Waals surface area contributed by atoms with Crippen molar-refractivity contribution < 1.29 is 14.3 Å². The molecule has 2 amide bonds. The van der Waals surface area contributed by atoms with E-state index in [-0.39, 0.29) is 24.4 Å². The molecule has 8 heteroatoms. The third-order valence-electron chi connectivity index (χ3n) is 5.06. The molecule has 0 fully saturated rings. The van der Waals surface area contributed by atoms with Gasteiger partial charge in [-0.3, -0.25) is 14.5 Å². The molecule has 2 N–H and O–H groups in total. The first-order valence-corrected chi connectivity index (χ1v) is 11.3. The van der Waals surface area contributed by atoms with Crippen LogP contribution in [0.25, 0.3) is 11.0 Å². The van der Waals surface area contributed by atoms with Crippen molar-refractivity contribution in [1.82, 2.24) is 15.3 Å². The maximum Gasteiger partial charge on any atom is 0.268 e. The summed E-state index contributed by atoms with van der Waals surface area (Å²) in [5.74, 6) is 1.74. The monoisotopic (exact) mass is 424 g/mol. The number of hydrogen-bond donors (Lipinski definition) is 2. The fourth-order valence-electron chi connectivity index (χ4n) is 3.56. The molecule has 30 heavy (non-hydrogen) atoms. The van der Waals surface area contributed by atoms with Crippen LogP contribution in [0.15, 0.2) is 48.5 Å². The predicted molar refractivity (Wildman–Crippen MR) is 119 cm³/mol. The topological polar surface area (TPSA) is 87.3 Å². The number of rotatable bonds is 7. The maximum atomic E-state index is 12.9. The Morgan fingerprint density at radius 1 is 1.27 bits per heavy atom. The Labute approximate surface area is 179 Å². The predicted octanol–water partition coefficient (Wildman–Crippen LogP) is 3.29. The number of aromatic nitrogens is 2. The highest BCUT2D eigenvalue weighted by Crippen LogP contribution is 2.33. The highest BCUT2D eigenvalue weighted by molar-refractivity contribution is 7.98. The van der Waals surface area contributed by atoms with Gasteiger partial charge in [0.1, 0.15) is 18.1 Å². The third kappa shape index (κ3) is 4.14. The molecule has 3 aromatic rings. The van der Waals surface area contributed by atoms with Crippen LogP contribution in [0.4, 0.5) is 5.69 Å². The minimum Gasteiger partial charge on any atom is -0.479 e. The number of aromatic amines is 1. The number of carbonyl (C=O) groups excluding carboxylic acids is 2. The average Bonchev–Trinajstić information content (AvgIpc) is 3.18. The van der Waals surface area contributed by atoms with Crippen molar-refractivity contribution in [1.29, 1.82) is 0 Å².